The van der Waals surface area contributed by atoms with Crippen molar-refractivity contribution in [3.05, 3.63) is 70.2 Å². The Kier molecular flexibility index (Phi) is 4.74. The highest BCUT2D eigenvalue weighted by Crippen LogP contribution is 2.30. The fourth-order valence-corrected chi connectivity index (χ4v) is 3.29. The lowest BCUT2D eigenvalue weighted by Gasteiger charge is -2.04. The van der Waals surface area contributed by atoms with Crippen LogP contribution in [0.2, 0.25) is 5.02 Å². The summed E-state index contributed by atoms with van der Waals surface area (Å²) >= 11 is 7.67. The zero-order chi connectivity index (χ0) is 16.2. The Morgan fingerprint density at radius 3 is 2.65 bits per heavy atom. The molecule has 5 heteroatoms. The molecular weight excluding hydrogens is 328 g/mol. The molecule has 1 aromatic heterocycles. The molecule has 1 N–H and O–H groups in total. The first-order chi connectivity index (χ1) is 11.1. The third kappa shape index (κ3) is 3.97. The number of carbonyl (C=O) groups is 1. The highest BCUT2D eigenvalue weighted by Gasteiger charge is 2.11. The van der Waals surface area contributed by atoms with E-state index in [1.165, 1.54) is 11.3 Å². The summed E-state index contributed by atoms with van der Waals surface area (Å²) in [5.41, 5.74) is 3.59. The number of nitrogens with zero attached hydrogens (tertiary/aromatic N) is 1. The van der Waals surface area contributed by atoms with Crippen molar-refractivity contribution in [1.82, 2.24) is 4.98 Å². The molecule has 0 aliphatic carbocycles. The summed E-state index contributed by atoms with van der Waals surface area (Å²) in [7, 11) is 0. The summed E-state index contributed by atoms with van der Waals surface area (Å²) in [5.74, 6) is -0.0788. The molecule has 0 saturated heterocycles. The van der Waals surface area contributed by atoms with Gasteiger partial charge in [0.2, 0.25) is 5.91 Å². The Morgan fingerprint density at radius 1 is 1.17 bits per heavy atom. The summed E-state index contributed by atoms with van der Waals surface area (Å²) < 4.78 is 0. The van der Waals surface area contributed by atoms with Crippen LogP contribution in [0.25, 0.3) is 10.6 Å². The van der Waals surface area contributed by atoms with Crippen LogP contribution in [0.3, 0.4) is 0 Å². The Morgan fingerprint density at radius 2 is 1.91 bits per heavy atom. The molecule has 116 valence electrons. The summed E-state index contributed by atoms with van der Waals surface area (Å²) in [6.45, 7) is 2.01. The van der Waals surface area contributed by atoms with Gasteiger partial charge in [-0.2, -0.15) is 0 Å². The standard InChI is InChI=1S/C18H15ClN2OS/c1-12-6-8-13(9-7-12)20-17(22)10-14-11-23-18(21-14)15-4-2-3-5-16(15)19/h2-9,11H,10H2,1H3,(H,20,22). The summed E-state index contributed by atoms with van der Waals surface area (Å²) in [6, 6.07) is 15.3. The number of aryl methyl sites for hydroxylation is 1. The van der Waals surface area contributed by atoms with Crippen LogP contribution in [-0.4, -0.2) is 10.9 Å². The molecule has 0 radical (unpaired) electrons. The fraction of sp³-hybridized carbons (Fsp3) is 0.111. The number of amides is 1. The molecule has 3 nitrogen and oxygen atoms in total. The lowest BCUT2D eigenvalue weighted by Crippen LogP contribution is -2.14. The first-order valence-corrected chi connectivity index (χ1v) is 8.43. The van der Waals surface area contributed by atoms with Crippen LogP contribution in [0.1, 0.15) is 11.3 Å². The van der Waals surface area contributed by atoms with Gasteiger partial charge in [0, 0.05) is 16.6 Å². The van der Waals surface area contributed by atoms with E-state index in [2.05, 4.69) is 10.3 Å². The predicted molar refractivity (Wildman–Crippen MR) is 96.1 cm³/mol. The molecule has 1 amide bonds. The third-order valence-electron chi connectivity index (χ3n) is 3.33. The zero-order valence-electron chi connectivity index (χ0n) is 12.5. The average Bonchev–Trinajstić information content (AvgIpc) is 2.98. The summed E-state index contributed by atoms with van der Waals surface area (Å²) in [6.07, 6.45) is 0.245. The predicted octanol–water partition coefficient (Wildman–Crippen LogP) is 4.95. The maximum Gasteiger partial charge on any atom is 0.230 e. The number of halogens is 1. The van der Waals surface area contributed by atoms with Crippen LogP contribution >= 0.6 is 22.9 Å². The Balaban J connectivity index is 1.68. The van der Waals surface area contributed by atoms with Crippen LogP contribution < -0.4 is 5.32 Å². The zero-order valence-corrected chi connectivity index (χ0v) is 14.1. The second-order valence-electron chi connectivity index (χ2n) is 5.21. The molecule has 1 heterocycles. The number of nitrogens with one attached hydrogen (secondary N) is 1. The average molecular weight is 343 g/mol. The molecule has 0 aliphatic heterocycles. The Hall–Kier alpha value is -2.17. The minimum absolute atomic E-state index is 0.0788. The van der Waals surface area contributed by atoms with Gasteiger partial charge in [0.15, 0.2) is 0 Å². The van der Waals surface area contributed by atoms with Gasteiger partial charge < -0.3 is 5.32 Å². The topological polar surface area (TPSA) is 42.0 Å². The van der Waals surface area contributed by atoms with Gasteiger partial charge in [0.25, 0.3) is 0 Å². The van der Waals surface area contributed by atoms with E-state index in [4.69, 9.17) is 11.6 Å². The van der Waals surface area contributed by atoms with Crippen molar-refractivity contribution in [2.45, 2.75) is 13.3 Å². The maximum atomic E-state index is 12.1. The van der Waals surface area contributed by atoms with E-state index < -0.39 is 0 Å². The molecule has 23 heavy (non-hydrogen) atoms. The van der Waals surface area contributed by atoms with E-state index in [-0.39, 0.29) is 12.3 Å². The molecule has 0 spiro atoms. The molecule has 3 aromatic rings. The summed E-state index contributed by atoms with van der Waals surface area (Å²) in [5, 5.41) is 6.27. The minimum Gasteiger partial charge on any atom is -0.326 e. The molecule has 3 rings (SSSR count). The van der Waals surface area contributed by atoms with E-state index in [0.717, 1.165) is 27.5 Å². The van der Waals surface area contributed by atoms with E-state index in [1.54, 1.807) is 0 Å². The number of rotatable bonds is 4. The van der Waals surface area contributed by atoms with Crippen molar-refractivity contribution in [3.63, 3.8) is 0 Å². The van der Waals surface area contributed by atoms with Crippen molar-refractivity contribution in [3.8, 4) is 10.6 Å². The van der Waals surface area contributed by atoms with Crippen LogP contribution in [0.5, 0.6) is 0 Å². The van der Waals surface area contributed by atoms with Gasteiger partial charge in [0.1, 0.15) is 5.01 Å². The Labute approximate surface area is 144 Å². The molecule has 0 bridgehead atoms. The van der Waals surface area contributed by atoms with Crippen molar-refractivity contribution >= 4 is 34.5 Å². The van der Waals surface area contributed by atoms with Crippen LogP contribution in [0, 0.1) is 6.92 Å². The lowest BCUT2D eigenvalue weighted by atomic mass is 10.2. The van der Waals surface area contributed by atoms with Crippen molar-refractivity contribution in [2.75, 3.05) is 5.32 Å². The highest BCUT2D eigenvalue weighted by atomic mass is 35.5. The number of thiazole rings is 1. The molecular formula is C18H15ClN2OS. The number of benzene rings is 2. The van der Waals surface area contributed by atoms with Crippen molar-refractivity contribution in [1.29, 1.82) is 0 Å². The van der Waals surface area contributed by atoms with Crippen LogP contribution in [-0.2, 0) is 11.2 Å². The largest absolute Gasteiger partial charge is 0.326 e. The number of aromatic nitrogens is 1. The van der Waals surface area contributed by atoms with E-state index in [0.29, 0.717) is 5.02 Å². The van der Waals surface area contributed by atoms with E-state index in [1.807, 2.05) is 60.8 Å². The second-order valence-corrected chi connectivity index (χ2v) is 6.48. The monoisotopic (exact) mass is 342 g/mol. The number of hydrogen-bond acceptors (Lipinski definition) is 3. The molecule has 0 fully saturated rings. The molecule has 0 atom stereocenters. The van der Waals surface area contributed by atoms with E-state index >= 15 is 0 Å². The first-order valence-electron chi connectivity index (χ1n) is 7.17. The molecule has 2 aromatic carbocycles. The van der Waals surface area contributed by atoms with Gasteiger partial charge in [-0.05, 0) is 25.1 Å². The quantitative estimate of drug-likeness (QED) is 0.728. The Bertz CT molecular complexity index is 827. The lowest BCUT2D eigenvalue weighted by molar-refractivity contribution is -0.115. The van der Waals surface area contributed by atoms with Crippen molar-refractivity contribution < 1.29 is 4.79 Å². The number of carbonyl (C=O) groups excluding carboxylic acids is 1. The summed E-state index contributed by atoms with van der Waals surface area (Å²) in [4.78, 5) is 16.6. The number of hydrogen-bond donors (Lipinski definition) is 1. The van der Waals surface area contributed by atoms with Gasteiger partial charge in [0.05, 0.1) is 17.1 Å². The minimum atomic E-state index is -0.0788. The maximum absolute atomic E-state index is 12.1. The van der Waals surface area contributed by atoms with Gasteiger partial charge in [-0.3, -0.25) is 4.79 Å². The van der Waals surface area contributed by atoms with Crippen LogP contribution in [0.4, 0.5) is 5.69 Å². The molecule has 0 aliphatic rings. The van der Waals surface area contributed by atoms with Crippen LogP contribution in [0.15, 0.2) is 53.9 Å². The molecule has 0 unspecified atom stereocenters. The van der Waals surface area contributed by atoms with Gasteiger partial charge in [-0.1, -0.05) is 47.5 Å². The van der Waals surface area contributed by atoms with Gasteiger partial charge >= 0.3 is 0 Å². The third-order valence-corrected chi connectivity index (χ3v) is 4.59. The van der Waals surface area contributed by atoms with Gasteiger partial charge in [-0.15, -0.1) is 11.3 Å². The molecule has 0 saturated carbocycles. The van der Waals surface area contributed by atoms with Crippen molar-refractivity contribution in [2.24, 2.45) is 0 Å². The first kappa shape index (κ1) is 15.7. The SMILES string of the molecule is Cc1ccc(NC(=O)Cc2csc(-c3ccccc3Cl)n2)cc1. The van der Waals surface area contributed by atoms with Gasteiger partial charge in [-0.25, -0.2) is 4.98 Å². The normalized spacial score (nSPS) is 10.5. The number of anilines is 1. The van der Waals surface area contributed by atoms with E-state index in [9.17, 15) is 4.79 Å². The smallest absolute Gasteiger partial charge is 0.230 e. The second kappa shape index (κ2) is 6.94. The highest BCUT2D eigenvalue weighted by molar-refractivity contribution is 7.13. The fourth-order valence-electron chi connectivity index (χ4n) is 2.15.